The molecule has 2 heteroatoms. The van der Waals surface area contributed by atoms with Crippen molar-refractivity contribution in [2.45, 2.75) is 89.0 Å². The molecule has 3 aliphatic rings. The lowest BCUT2D eigenvalue weighted by Crippen LogP contribution is -2.53. The molecule has 0 radical (unpaired) electrons. The molecule has 0 aromatic heterocycles. The van der Waals surface area contributed by atoms with E-state index in [2.05, 4.69) is 5.32 Å². The summed E-state index contributed by atoms with van der Waals surface area (Å²) in [5.74, 6) is 0.926. The third-order valence-corrected chi connectivity index (χ3v) is 5.82. The second kappa shape index (κ2) is 7.06. The molecular weight excluding hydrogens is 244 g/mol. The lowest BCUT2D eigenvalue weighted by atomic mass is 9.75. The molecule has 0 saturated heterocycles. The van der Waals surface area contributed by atoms with Gasteiger partial charge in [-0.05, 0) is 38.1 Å². The highest BCUT2D eigenvalue weighted by Gasteiger charge is 2.38. The number of aliphatic imine (C=N–C) groups is 1. The normalized spacial score (nSPS) is 28.7. The molecule has 1 heterocycles. The molecule has 2 saturated carbocycles. The summed E-state index contributed by atoms with van der Waals surface area (Å²) in [6.07, 6.45) is 18.2. The largest absolute Gasteiger partial charge is 0.306 e. The summed E-state index contributed by atoms with van der Waals surface area (Å²) in [5.41, 5.74) is 1.88. The summed E-state index contributed by atoms with van der Waals surface area (Å²) in [5, 5.41) is 3.92. The maximum absolute atomic E-state index is 5.08. The van der Waals surface area contributed by atoms with Crippen molar-refractivity contribution in [1.29, 1.82) is 0 Å². The molecule has 20 heavy (non-hydrogen) atoms. The molecule has 0 bridgehead atoms. The van der Waals surface area contributed by atoms with Gasteiger partial charge < -0.3 is 5.32 Å². The van der Waals surface area contributed by atoms with E-state index in [1.54, 1.807) is 5.71 Å². The summed E-state index contributed by atoms with van der Waals surface area (Å²) in [6.45, 7) is 2.24. The number of hydrogen-bond acceptors (Lipinski definition) is 2. The SMILES string of the molecule is C1CCCC(CC2=NCCCNC23CCCCC3)CC1. The highest BCUT2D eigenvalue weighted by Crippen LogP contribution is 2.35. The van der Waals surface area contributed by atoms with Crippen molar-refractivity contribution in [3.8, 4) is 0 Å². The minimum absolute atomic E-state index is 0.307. The molecule has 1 aliphatic heterocycles. The van der Waals surface area contributed by atoms with Crippen LogP contribution >= 0.6 is 0 Å². The van der Waals surface area contributed by atoms with Gasteiger partial charge in [-0.1, -0.05) is 57.8 Å². The standard InChI is InChI=1S/C18H32N2/c1-2-5-10-16(9-4-1)15-17-18(11-6-3-7-12-18)20-14-8-13-19-17/h16,20H,1-15H2. The molecule has 2 aliphatic carbocycles. The van der Waals surface area contributed by atoms with Crippen LogP contribution < -0.4 is 5.32 Å². The molecule has 3 rings (SSSR count). The molecule has 0 atom stereocenters. The molecule has 0 unspecified atom stereocenters. The van der Waals surface area contributed by atoms with Crippen molar-refractivity contribution in [1.82, 2.24) is 5.32 Å². The fraction of sp³-hybridized carbons (Fsp3) is 0.944. The van der Waals surface area contributed by atoms with Gasteiger partial charge in [-0.2, -0.15) is 0 Å². The lowest BCUT2D eigenvalue weighted by molar-refractivity contribution is 0.307. The molecule has 1 N–H and O–H groups in total. The van der Waals surface area contributed by atoms with Crippen molar-refractivity contribution in [2.75, 3.05) is 13.1 Å². The Kier molecular flexibility index (Phi) is 5.14. The van der Waals surface area contributed by atoms with Crippen LogP contribution in [0.25, 0.3) is 0 Å². The van der Waals surface area contributed by atoms with Gasteiger partial charge in [-0.25, -0.2) is 0 Å². The van der Waals surface area contributed by atoms with Crippen LogP contribution in [0, 0.1) is 5.92 Å². The first-order valence-electron chi connectivity index (χ1n) is 9.18. The fourth-order valence-electron chi connectivity index (χ4n) is 4.60. The van der Waals surface area contributed by atoms with Crippen LogP contribution in [0.2, 0.25) is 0 Å². The highest BCUT2D eigenvalue weighted by atomic mass is 15.0. The number of nitrogens with one attached hydrogen (secondary N) is 1. The van der Waals surface area contributed by atoms with Crippen LogP contribution in [0.15, 0.2) is 4.99 Å². The predicted molar refractivity (Wildman–Crippen MR) is 86.5 cm³/mol. The van der Waals surface area contributed by atoms with Gasteiger partial charge in [-0.3, -0.25) is 4.99 Å². The second-order valence-electron chi connectivity index (χ2n) is 7.31. The predicted octanol–water partition coefficient (Wildman–Crippen LogP) is 4.48. The molecule has 0 aromatic rings. The van der Waals surface area contributed by atoms with Crippen LogP contribution in [-0.4, -0.2) is 24.3 Å². The van der Waals surface area contributed by atoms with Gasteiger partial charge in [0.05, 0.1) is 5.54 Å². The second-order valence-corrected chi connectivity index (χ2v) is 7.31. The zero-order valence-electron chi connectivity index (χ0n) is 13.1. The average molecular weight is 276 g/mol. The number of nitrogens with zero attached hydrogens (tertiary/aromatic N) is 1. The van der Waals surface area contributed by atoms with Crippen molar-refractivity contribution in [3.63, 3.8) is 0 Å². The lowest BCUT2D eigenvalue weighted by Gasteiger charge is -2.39. The maximum Gasteiger partial charge on any atom is 0.0564 e. The van der Waals surface area contributed by atoms with E-state index >= 15 is 0 Å². The summed E-state index contributed by atoms with van der Waals surface area (Å²) in [7, 11) is 0. The van der Waals surface area contributed by atoms with E-state index in [4.69, 9.17) is 4.99 Å². The van der Waals surface area contributed by atoms with Crippen molar-refractivity contribution < 1.29 is 0 Å². The van der Waals surface area contributed by atoms with Crippen LogP contribution in [0.5, 0.6) is 0 Å². The van der Waals surface area contributed by atoms with Crippen LogP contribution in [0.4, 0.5) is 0 Å². The van der Waals surface area contributed by atoms with Gasteiger partial charge in [0.25, 0.3) is 0 Å². The Balaban J connectivity index is 1.71. The molecule has 114 valence electrons. The van der Waals surface area contributed by atoms with Crippen molar-refractivity contribution in [2.24, 2.45) is 10.9 Å². The maximum atomic E-state index is 5.08. The Labute approximate surface area is 124 Å². The molecule has 2 fully saturated rings. The van der Waals surface area contributed by atoms with Gasteiger partial charge in [0, 0.05) is 12.3 Å². The zero-order chi connectivity index (χ0) is 13.7. The van der Waals surface area contributed by atoms with Crippen molar-refractivity contribution in [3.05, 3.63) is 0 Å². The Morgan fingerprint density at radius 3 is 2.35 bits per heavy atom. The molecular formula is C18H32N2. The number of rotatable bonds is 2. The minimum Gasteiger partial charge on any atom is -0.306 e. The minimum atomic E-state index is 0.307. The van der Waals surface area contributed by atoms with E-state index in [1.165, 1.54) is 90.0 Å². The first-order chi connectivity index (χ1) is 9.89. The smallest absolute Gasteiger partial charge is 0.0564 e. The monoisotopic (exact) mass is 276 g/mol. The first kappa shape index (κ1) is 14.6. The molecule has 0 amide bonds. The summed E-state index contributed by atoms with van der Waals surface area (Å²) < 4.78 is 0. The summed E-state index contributed by atoms with van der Waals surface area (Å²) in [6, 6.07) is 0. The molecule has 0 aromatic carbocycles. The average Bonchev–Trinajstić information content (AvgIpc) is 2.84. The summed E-state index contributed by atoms with van der Waals surface area (Å²) >= 11 is 0. The van der Waals surface area contributed by atoms with Gasteiger partial charge >= 0.3 is 0 Å². The van der Waals surface area contributed by atoms with Crippen LogP contribution in [0.3, 0.4) is 0 Å². The Morgan fingerprint density at radius 2 is 1.60 bits per heavy atom. The molecule has 2 nitrogen and oxygen atoms in total. The van der Waals surface area contributed by atoms with Gasteiger partial charge in [-0.15, -0.1) is 0 Å². The Bertz CT molecular complexity index is 320. The van der Waals surface area contributed by atoms with Gasteiger partial charge in [0.2, 0.25) is 0 Å². The van der Waals surface area contributed by atoms with E-state index in [0.717, 1.165) is 12.5 Å². The zero-order valence-corrected chi connectivity index (χ0v) is 13.1. The summed E-state index contributed by atoms with van der Waals surface area (Å²) in [4.78, 5) is 5.08. The Morgan fingerprint density at radius 1 is 0.900 bits per heavy atom. The Hall–Kier alpha value is -0.370. The van der Waals surface area contributed by atoms with Gasteiger partial charge in [0.15, 0.2) is 0 Å². The van der Waals surface area contributed by atoms with Crippen LogP contribution in [0.1, 0.15) is 83.5 Å². The van der Waals surface area contributed by atoms with Crippen molar-refractivity contribution >= 4 is 5.71 Å². The van der Waals surface area contributed by atoms with E-state index in [9.17, 15) is 0 Å². The first-order valence-corrected chi connectivity index (χ1v) is 9.18. The van der Waals surface area contributed by atoms with E-state index in [-0.39, 0.29) is 0 Å². The fourth-order valence-corrected chi connectivity index (χ4v) is 4.60. The third-order valence-electron chi connectivity index (χ3n) is 5.82. The van der Waals surface area contributed by atoms with E-state index < -0.39 is 0 Å². The highest BCUT2D eigenvalue weighted by molar-refractivity contribution is 5.94. The van der Waals surface area contributed by atoms with Gasteiger partial charge in [0.1, 0.15) is 0 Å². The number of hydrogen-bond donors (Lipinski definition) is 1. The van der Waals surface area contributed by atoms with E-state index in [0.29, 0.717) is 5.54 Å². The third kappa shape index (κ3) is 3.44. The quantitative estimate of drug-likeness (QED) is 0.739. The van der Waals surface area contributed by atoms with E-state index in [1.807, 2.05) is 0 Å². The topological polar surface area (TPSA) is 24.4 Å². The molecule has 1 spiro atoms. The van der Waals surface area contributed by atoms with Crippen LogP contribution in [-0.2, 0) is 0 Å².